The Labute approximate surface area is 229 Å². The second-order valence-electron chi connectivity index (χ2n) is 9.76. The van der Waals surface area contributed by atoms with Crippen molar-refractivity contribution < 1.29 is 14.3 Å². The van der Waals surface area contributed by atoms with Crippen LogP contribution in [-0.4, -0.2) is 42.2 Å². The van der Waals surface area contributed by atoms with E-state index in [1.165, 1.54) is 0 Å². The number of fused-ring (bicyclic) bond motifs is 1. The normalized spacial score (nSPS) is 16.9. The van der Waals surface area contributed by atoms with Crippen molar-refractivity contribution in [3.8, 4) is 5.75 Å². The van der Waals surface area contributed by atoms with Gasteiger partial charge in [-0.2, -0.15) is 0 Å². The summed E-state index contributed by atoms with van der Waals surface area (Å²) >= 11 is 5.82. The molecule has 6 heteroatoms. The van der Waals surface area contributed by atoms with Crippen LogP contribution in [0.1, 0.15) is 65.8 Å². The van der Waals surface area contributed by atoms with Crippen molar-refractivity contribution in [3.05, 3.63) is 101 Å². The molecule has 0 spiro atoms. The number of hydrogen-bond donors (Lipinski definition) is 1. The van der Waals surface area contributed by atoms with Crippen LogP contribution in [0.25, 0.3) is 10.9 Å². The van der Waals surface area contributed by atoms with Crippen LogP contribution in [0, 0.1) is 0 Å². The molecular weight excluding hydrogens is 496 g/mol. The zero-order valence-corrected chi connectivity index (χ0v) is 22.8. The molecule has 1 saturated heterocycles. The maximum absolute atomic E-state index is 13.8. The fraction of sp³-hybridized carbons (Fsp3) is 0.344. The number of nitrogens with one attached hydrogen (secondary N) is 1. The van der Waals surface area contributed by atoms with E-state index in [0.29, 0.717) is 30.8 Å². The minimum atomic E-state index is -0.286. The molecule has 5 rings (SSSR count). The van der Waals surface area contributed by atoms with Gasteiger partial charge in [-0.3, -0.25) is 0 Å². The van der Waals surface area contributed by atoms with Crippen LogP contribution in [0.5, 0.6) is 5.75 Å². The van der Waals surface area contributed by atoms with Crippen molar-refractivity contribution in [1.82, 2.24) is 9.88 Å². The molecular formula is C32H35ClN2O3. The molecule has 0 amide bonds. The average Bonchev–Trinajstić information content (AvgIpc) is 3.61. The maximum Gasteiger partial charge on any atom is 0.355 e. The zero-order valence-electron chi connectivity index (χ0n) is 22.0. The summed E-state index contributed by atoms with van der Waals surface area (Å²) in [4.78, 5) is 13.8. The lowest BCUT2D eigenvalue weighted by atomic mass is 9.83. The van der Waals surface area contributed by atoms with Gasteiger partial charge >= 0.3 is 5.97 Å². The molecule has 1 aromatic heterocycles. The molecule has 3 unspecified atom stereocenters. The lowest BCUT2D eigenvalue weighted by Crippen LogP contribution is -2.32. The summed E-state index contributed by atoms with van der Waals surface area (Å²) in [6, 6.07) is 27.2. The molecule has 4 aromatic rings. The lowest BCUT2D eigenvalue weighted by molar-refractivity contribution is 0.0510. The minimum absolute atomic E-state index is 0.0818. The van der Waals surface area contributed by atoms with Crippen molar-refractivity contribution in [1.29, 1.82) is 0 Å². The second-order valence-corrected chi connectivity index (χ2v) is 10.1. The van der Waals surface area contributed by atoms with Gasteiger partial charge in [-0.25, -0.2) is 4.79 Å². The fourth-order valence-corrected chi connectivity index (χ4v) is 5.88. The molecule has 198 valence electrons. The van der Waals surface area contributed by atoms with E-state index in [1.807, 2.05) is 31.2 Å². The van der Waals surface area contributed by atoms with Gasteiger partial charge in [0.2, 0.25) is 0 Å². The summed E-state index contributed by atoms with van der Waals surface area (Å²) < 4.78 is 13.7. The predicted octanol–water partition coefficient (Wildman–Crippen LogP) is 6.93. The molecule has 3 aromatic carbocycles. The highest BCUT2D eigenvalue weighted by Gasteiger charge is 2.34. The van der Waals surface area contributed by atoms with Gasteiger partial charge in [-0.1, -0.05) is 60.7 Å². The van der Waals surface area contributed by atoms with Gasteiger partial charge in [0.05, 0.1) is 12.5 Å². The lowest BCUT2D eigenvalue weighted by Gasteiger charge is -2.26. The Morgan fingerprint density at radius 2 is 1.74 bits per heavy atom. The molecule has 0 saturated carbocycles. The van der Waals surface area contributed by atoms with Gasteiger partial charge in [-0.05, 0) is 62.6 Å². The third-order valence-corrected chi connectivity index (χ3v) is 7.64. The molecule has 1 fully saturated rings. The number of rotatable bonds is 10. The second kappa shape index (κ2) is 12.1. The van der Waals surface area contributed by atoms with Crippen molar-refractivity contribution in [2.45, 2.75) is 44.7 Å². The Hall–Kier alpha value is -3.28. The van der Waals surface area contributed by atoms with Crippen LogP contribution < -0.4 is 10.1 Å². The maximum atomic E-state index is 13.8. The molecule has 0 radical (unpaired) electrons. The molecule has 1 aliphatic heterocycles. The van der Waals surface area contributed by atoms with Crippen LogP contribution in [0.15, 0.2) is 78.9 Å². The predicted molar refractivity (Wildman–Crippen MR) is 154 cm³/mol. The summed E-state index contributed by atoms with van der Waals surface area (Å²) in [5.74, 6) is 0.750. The van der Waals surface area contributed by atoms with E-state index in [0.717, 1.165) is 52.7 Å². The van der Waals surface area contributed by atoms with E-state index in [-0.39, 0.29) is 17.9 Å². The highest BCUT2D eigenvalue weighted by atomic mass is 35.5. The van der Waals surface area contributed by atoms with E-state index >= 15 is 0 Å². The quantitative estimate of drug-likeness (QED) is 0.178. The van der Waals surface area contributed by atoms with Crippen LogP contribution in [0.2, 0.25) is 0 Å². The van der Waals surface area contributed by atoms with Crippen LogP contribution in [-0.2, 0) is 4.74 Å². The summed E-state index contributed by atoms with van der Waals surface area (Å²) in [5, 5.41) is 4.71. The Morgan fingerprint density at radius 1 is 1.03 bits per heavy atom. The summed E-state index contributed by atoms with van der Waals surface area (Å²) in [7, 11) is 0. The van der Waals surface area contributed by atoms with E-state index in [4.69, 9.17) is 21.1 Å². The van der Waals surface area contributed by atoms with Crippen molar-refractivity contribution in [2.24, 2.45) is 0 Å². The smallest absolute Gasteiger partial charge is 0.355 e. The van der Waals surface area contributed by atoms with Gasteiger partial charge in [0.15, 0.2) is 0 Å². The SMILES string of the molecule is CCOC(=O)c1c(C(c2ccccc2)c2ccc(OCCCl)cc2)c2ccccc2n1C(C)C1CCCN1. The van der Waals surface area contributed by atoms with E-state index < -0.39 is 0 Å². The number of para-hydroxylation sites is 1. The summed E-state index contributed by atoms with van der Waals surface area (Å²) in [6.45, 7) is 5.85. The topological polar surface area (TPSA) is 52.5 Å². The first kappa shape index (κ1) is 26.3. The van der Waals surface area contributed by atoms with Gasteiger partial charge in [0, 0.05) is 34.5 Å². The highest BCUT2D eigenvalue weighted by molar-refractivity contribution is 6.18. The van der Waals surface area contributed by atoms with Crippen LogP contribution >= 0.6 is 11.6 Å². The van der Waals surface area contributed by atoms with Crippen molar-refractivity contribution in [2.75, 3.05) is 25.6 Å². The van der Waals surface area contributed by atoms with E-state index in [9.17, 15) is 4.79 Å². The first-order valence-corrected chi connectivity index (χ1v) is 14.0. The number of nitrogens with zero attached hydrogens (tertiary/aromatic N) is 1. The van der Waals surface area contributed by atoms with Gasteiger partial charge in [-0.15, -0.1) is 11.6 Å². The number of benzene rings is 3. The minimum Gasteiger partial charge on any atom is -0.492 e. The van der Waals surface area contributed by atoms with Gasteiger partial charge < -0.3 is 19.4 Å². The van der Waals surface area contributed by atoms with Gasteiger partial charge in [0.25, 0.3) is 0 Å². The molecule has 0 bridgehead atoms. The monoisotopic (exact) mass is 530 g/mol. The van der Waals surface area contributed by atoms with E-state index in [1.54, 1.807) is 0 Å². The molecule has 1 aliphatic rings. The molecule has 2 heterocycles. The van der Waals surface area contributed by atoms with E-state index in [2.05, 4.69) is 71.4 Å². The van der Waals surface area contributed by atoms with Crippen molar-refractivity contribution in [3.63, 3.8) is 0 Å². The number of aromatic nitrogens is 1. The summed E-state index contributed by atoms with van der Waals surface area (Å²) in [6.07, 6.45) is 2.22. The van der Waals surface area contributed by atoms with Gasteiger partial charge in [0.1, 0.15) is 18.1 Å². The number of halogens is 1. The van der Waals surface area contributed by atoms with Crippen LogP contribution in [0.3, 0.4) is 0 Å². The number of carbonyl (C=O) groups excluding carboxylic acids is 1. The Balaban J connectivity index is 1.76. The third kappa shape index (κ3) is 5.18. The first-order valence-electron chi connectivity index (χ1n) is 13.5. The molecule has 38 heavy (non-hydrogen) atoms. The Kier molecular flexibility index (Phi) is 8.35. The van der Waals surface area contributed by atoms with Crippen molar-refractivity contribution >= 4 is 28.5 Å². The standard InChI is InChI=1S/C32H35ClN2O3/c1-3-37-32(36)31-30(26-12-7-8-14-28(26)35(31)22(2)27-13-9-20-34-27)29(23-10-5-4-6-11-23)24-15-17-25(18-16-24)38-21-19-33/h4-8,10-12,14-18,22,27,29,34H,3,9,13,19-21H2,1-2H3. The third-order valence-electron chi connectivity index (χ3n) is 7.49. The number of esters is 1. The Bertz CT molecular complexity index is 1360. The highest BCUT2D eigenvalue weighted by Crippen LogP contribution is 2.42. The number of carbonyl (C=O) groups is 1. The summed E-state index contributed by atoms with van der Waals surface area (Å²) in [5.41, 5.74) is 4.85. The molecule has 1 N–H and O–H groups in total. The first-order chi connectivity index (χ1) is 18.6. The fourth-order valence-electron chi connectivity index (χ4n) is 5.80. The Morgan fingerprint density at radius 3 is 2.42 bits per heavy atom. The molecule has 0 aliphatic carbocycles. The number of ether oxygens (including phenoxy) is 2. The average molecular weight is 531 g/mol. The largest absolute Gasteiger partial charge is 0.492 e. The number of hydrogen-bond acceptors (Lipinski definition) is 4. The zero-order chi connectivity index (χ0) is 26.5. The van der Waals surface area contributed by atoms with Crippen LogP contribution in [0.4, 0.5) is 0 Å². The molecule has 5 nitrogen and oxygen atoms in total. The number of alkyl halides is 1. The molecule has 3 atom stereocenters.